The summed E-state index contributed by atoms with van der Waals surface area (Å²) in [6.45, 7) is 5.61. The second kappa shape index (κ2) is 7.68. The molecule has 2 rings (SSSR count). The van der Waals surface area contributed by atoms with E-state index in [2.05, 4.69) is 5.32 Å². The van der Waals surface area contributed by atoms with Crippen LogP contribution in [0.2, 0.25) is 5.02 Å². The standard InChI is InChI=1S/C17H17ClN2O3S/c1-10-8-11(2)16(15(18)9-10)19-17(21)12(3)24-14-6-4-13(5-7-14)20(22)23/h4-9,12H,1-3H3,(H,19,21). The Morgan fingerprint density at radius 3 is 2.42 bits per heavy atom. The number of rotatable bonds is 5. The number of carbonyl (C=O) groups is 1. The number of halogens is 1. The fourth-order valence-electron chi connectivity index (χ4n) is 2.20. The Bertz CT molecular complexity index is 755. The number of amides is 1. The number of thioether (sulfide) groups is 1. The number of aryl methyl sites for hydroxylation is 2. The van der Waals surface area contributed by atoms with Crippen molar-refractivity contribution in [2.75, 3.05) is 5.32 Å². The molecule has 7 heteroatoms. The molecule has 0 spiro atoms. The van der Waals surface area contributed by atoms with Gasteiger partial charge in [-0.3, -0.25) is 14.9 Å². The average molecular weight is 365 g/mol. The third-order valence-electron chi connectivity index (χ3n) is 3.41. The minimum Gasteiger partial charge on any atom is -0.324 e. The Morgan fingerprint density at radius 2 is 1.88 bits per heavy atom. The lowest BCUT2D eigenvalue weighted by Gasteiger charge is -2.15. The lowest BCUT2D eigenvalue weighted by molar-refractivity contribution is -0.384. The highest BCUT2D eigenvalue weighted by molar-refractivity contribution is 8.00. The minimum atomic E-state index is -0.452. The molecule has 0 saturated heterocycles. The Kier molecular flexibility index (Phi) is 5.85. The highest BCUT2D eigenvalue weighted by Crippen LogP contribution is 2.30. The molecule has 0 aliphatic carbocycles. The third kappa shape index (κ3) is 4.49. The summed E-state index contributed by atoms with van der Waals surface area (Å²) in [7, 11) is 0. The number of nitro benzene ring substituents is 1. The second-order valence-electron chi connectivity index (χ2n) is 5.44. The van der Waals surface area contributed by atoms with Crippen molar-refractivity contribution in [1.29, 1.82) is 0 Å². The Balaban J connectivity index is 2.06. The van der Waals surface area contributed by atoms with Crippen molar-refractivity contribution in [3.63, 3.8) is 0 Å². The maximum absolute atomic E-state index is 12.4. The normalized spacial score (nSPS) is 11.8. The zero-order valence-corrected chi connectivity index (χ0v) is 15.1. The molecule has 2 aromatic carbocycles. The van der Waals surface area contributed by atoms with E-state index in [0.717, 1.165) is 16.0 Å². The lowest BCUT2D eigenvalue weighted by Crippen LogP contribution is -2.23. The minimum absolute atomic E-state index is 0.0264. The third-order valence-corrected chi connectivity index (χ3v) is 4.82. The zero-order valence-electron chi connectivity index (χ0n) is 13.5. The van der Waals surface area contributed by atoms with Crippen molar-refractivity contribution < 1.29 is 9.72 Å². The first kappa shape index (κ1) is 18.3. The van der Waals surface area contributed by atoms with Gasteiger partial charge < -0.3 is 5.32 Å². The van der Waals surface area contributed by atoms with Crippen LogP contribution in [0.1, 0.15) is 18.1 Å². The van der Waals surface area contributed by atoms with Crippen LogP contribution >= 0.6 is 23.4 Å². The first-order valence-corrected chi connectivity index (χ1v) is 8.52. The Labute approximate surface area is 149 Å². The van der Waals surface area contributed by atoms with Gasteiger partial charge in [-0.2, -0.15) is 0 Å². The van der Waals surface area contributed by atoms with Crippen LogP contribution in [0, 0.1) is 24.0 Å². The van der Waals surface area contributed by atoms with E-state index in [-0.39, 0.29) is 16.8 Å². The van der Waals surface area contributed by atoms with Gasteiger partial charge in [0.15, 0.2) is 0 Å². The van der Waals surface area contributed by atoms with Gasteiger partial charge in [-0.25, -0.2) is 0 Å². The second-order valence-corrected chi connectivity index (χ2v) is 7.26. The summed E-state index contributed by atoms with van der Waals surface area (Å²) in [6.07, 6.45) is 0. The molecule has 0 aromatic heterocycles. The van der Waals surface area contributed by atoms with Crippen LogP contribution in [0.3, 0.4) is 0 Å². The summed E-state index contributed by atoms with van der Waals surface area (Å²) in [5, 5.41) is 13.6. The van der Waals surface area contributed by atoms with Gasteiger partial charge in [0.25, 0.3) is 5.69 Å². The van der Waals surface area contributed by atoms with Crippen LogP contribution in [-0.2, 0) is 4.79 Å². The molecule has 1 atom stereocenters. The van der Waals surface area contributed by atoms with Gasteiger partial charge in [-0.15, -0.1) is 11.8 Å². The van der Waals surface area contributed by atoms with Gasteiger partial charge in [-0.1, -0.05) is 17.7 Å². The van der Waals surface area contributed by atoms with E-state index in [0.29, 0.717) is 10.7 Å². The van der Waals surface area contributed by atoms with Crippen LogP contribution < -0.4 is 5.32 Å². The molecule has 5 nitrogen and oxygen atoms in total. The van der Waals surface area contributed by atoms with E-state index in [1.165, 1.54) is 23.9 Å². The van der Waals surface area contributed by atoms with Crippen molar-refractivity contribution in [1.82, 2.24) is 0 Å². The summed E-state index contributed by atoms with van der Waals surface area (Å²) in [4.78, 5) is 23.4. The van der Waals surface area contributed by atoms with Gasteiger partial charge in [0.05, 0.1) is 20.9 Å². The Morgan fingerprint density at radius 1 is 1.25 bits per heavy atom. The lowest BCUT2D eigenvalue weighted by atomic mass is 10.1. The van der Waals surface area contributed by atoms with Crippen molar-refractivity contribution >= 4 is 40.6 Å². The molecule has 0 bridgehead atoms. The number of hydrogen-bond donors (Lipinski definition) is 1. The van der Waals surface area contributed by atoms with Gasteiger partial charge in [0.1, 0.15) is 0 Å². The molecule has 1 unspecified atom stereocenters. The highest BCUT2D eigenvalue weighted by Gasteiger charge is 2.17. The molecule has 1 N–H and O–H groups in total. The molecule has 24 heavy (non-hydrogen) atoms. The van der Waals surface area contributed by atoms with Crippen LogP contribution in [0.5, 0.6) is 0 Å². The van der Waals surface area contributed by atoms with Crippen LogP contribution in [-0.4, -0.2) is 16.1 Å². The van der Waals surface area contributed by atoms with Crippen molar-refractivity contribution in [2.45, 2.75) is 30.9 Å². The smallest absolute Gasteiger partial charge is 0.269 e. The van der Waals surface area contributed by atoms with E-state index in [9.17, 15) is 14.9 Å². The first-order chi connectivity index (χ1) is 11.3. The quantitative estimate of drug-likeness (QED) is 0.461. The number of anilines is 1. The largest absolute Gasteiger partial charge is 0.324 e. The molecule has 0 fully saturated rings. The van der Waals surface area contributed by atoms with E-state index in [1.807, 2.05) is 19.9 Å². The van der Waals surface area contributed by atoms with Gasteiger partial charge in [0, 0.05) is 17.0 Å². The van der Waals surface area contributed by atoms with Gasteiger partial charge in [-0.05, 0) is 50.1 Å². The molecule has 0 aliphatic heterocycles. The van der Waals surface area contributed by atoms with Gasteiger partial charge >= 0.3 is 0 Å². The number of nitrogens with zero attached hydrogens (tertiary/aromatic N) is 1. The summed E-state index contributed by atoms with van der Waals surface area (Å²) in [5.74, 6) is -0.174. The maximum Gasteiger partial charge on any atom is 0.269 e. The number of nitrogens with one attached hydrogen (secondary N) is 1. The molecule has 1 amide bonds. The molecule has 0 saturated carbocycles. The average Bonchev–Trinajstić information content (AvgIpc) is 2.51. The predicted molar refractivity (Wildman–Crippen MR) is 98.0 cm³/mol. The van der Waals surface area contributed by atoms with Gasteiger partial charge in [0.2, 0.25) is 5.91 Å². The van der Waals surface area contributed by atoms with Crippen LogP contribution in [0.15, 0.2) is 41.3 Å². The van der Waals surface area contributed by atoms with E-state index >= 15 is 0 Å². The molecule has 0 heterocycles. The summed E-state index contributed by atoms with van der Waals surface area (Å²) < 4.78 is 0. The summed E-state index contributed by atoms with van der Waals surface area (Å²) in [5.41, 5.74) is 2.58. The zero-order chi connectivity index (χ0) is 17.9. The highest BCUT2D eigenvalue weighted by atomic mass is 35.5. The van der Waals surface area contributed by atoms with Crippen molar-refractivity contribution in [3.8, 4) is 0 Å². The topological polar surface area (TPSA) is 72.2 Å². The molecule has 0 radical (unpaired) electrons. The fourth-order valence-corrected chi connectivity index (χ4v) is 3.44. The predicted octanol–water partition coefficient (Wildman–Crippen LogP) is 4.98. The Hall–Kier alpha value is -2.05. The molecule has 2 aromatic rings. The maximum atomic E-state index is 12.4. The number of non-ortho nitro benzene ring substituents is 1. The summed E-state index contributed by atoms with van der Waals surface area (Å²) in [6, 6.07) is 9.88. The van der Waals surface area contributed by atoms with Crippen LogP contribution in [0.25, 0.3) is 0 Å². The number of carbonyl (C=O) groups excluding carboxylic acids is 1. The first-order valence-electron chi connectivity index (χ1n) is 7.26. The fraction of sp³-hybridized carbons (Fsp3) is 0.235. The SMILES string of the molecule is Cc1cc(C)c(NC(=O)C(C)Sc2ccc([N+](=O)[O-])cc2)c(Cl)c1. The van der Waals surface area contributed by atoms with Crippen molar-refractivity contribution in [2.24, 2.45) is 0 Å². The van der Waals surface area contributed by atoms with Crippen LogP contribution in [0.4, 0.5) is 11.4 Å². The molecular formula is C17H17ClN2O3S. The van der Waals surface area contributed by atoms with Crippen molar-refractivity contribution in [3.05, 3.63) is 62.7 Å². The number of benzene rings is 2. The van der Waals surface area contributed by atoms with E-state index in [1.54, 1.807) is 25.1 Å². The molecule has 0 aliphatic rings. The molecular weight excluding hydrogens is 348 g/mol. The molecule has 126 valence electrons. The number of nitro groups is 1. The monoisotopic (exact) mass is 364 g/mol. The van der Waals surface area contributed by atoms with E-state index in [4.69, 9.17) is 11.6 Å². The van der Waals surface area contributed by atoms with E-state index < -0.39 is 4.92 Å². The summed E-state index contributed by atoms with van der Waals surface area (Å²) >= 11 is 7.53. The number of hydrogen-bond acceptors (Lipinski definition) is 4.